The zero-order valence-electron chi connectivity index (χ0n) is 13.6. The van der Waals surface area contributed by atoms with Crippen LogP contribution in [0.3, 0.4) is 0 Å². The lowest BCUT2D eigenvalue weighted by Gasteiger charge is -2.30. The quantitative estimate of drug-likeness (QED) is 0.783. The fourth-order valence-corrected chi connectivity index (χ4v) is 2.76. The molecule has 0 saturated carbocycles. The van der Waals surface area contributed by atoms with Gasteiger partial charge in [0, 0.05) is 12.4 Å². The zero-order chi connectivity index (χ0) is 17.0. The molecule has 0 aliphatic rings. The van der Waals surface area contributed by atoms with E-state index in [9.17, 15) is 5.11 Å². The highest BCUT2D eigenvalue weighted by atomic mass is 16.5. The molecule has 24 heavy (non-hydrogen) atoms. The summed E-state index contributed by atoms with van der Waals surface area (Å²) in [6.07, 6.45) is 3.35. The number of ether oxygens (including phenoxy) is 2. The molecule has 0 fully saturated rings. The van der Waals surface area contributed by atoms with Crippen LogP contribution < -0.4 is 9.47 Å². The monoisotopic (exact) mass is 321 g/mol. The molecule has 0 saturated heterocycles. The van der Waals surface area contributed by atoms with Crippen molar-refractivity contribution in [2.45, 2.75) is 5.60 Å². The molecule has 0 atom stereocenters. The van der Waals surface area contributed by atoms with Crippen molar-refractivity contribution >= 4 is 0 Å². The van der Waals surface area contributed by atoms with Gasteiger partial charge in [0.15, 0.2) is 0 Å². The molecule has 2 aromatic carbocycles. The molecule has 0 aliphatic carbocycles. The van der Waals surface area contributed by atoms with E-state index in [4.69, 9.17) is 9.47 Å². The molecule has 0 aliphatic heterocycles. The van der Waals surface area contributed by atoms with Crippen molar-refractivity contribution < 1.29 is 14.6 Å². The predicted octanol–water partition coefficient (Wildman–Crippen LogP) is 3.38. The Morgan fingerprint density at radius 2 is 1.04 bits per heavy atom. The first-order chi connectivity index (χ1) is 11.7. The number of methoxy groups -OCH3 is 2. The van der Waals surface area contributed by atoms with E-state index < -0.39 is 5.60 Å². The second-order valence-electron chi connectivity index (χ2n) is 5.40. The summed E-state index contributed by atoms with van der Waals surface area (Å²) in [5.74, 6) is 1.48. The Morgan fingerprint density at radius 3 is 1.42 bits per heavy atom. The number of aromatic nitrogens is 1. The normalized spacial score (nSPS) is 11.1. The van der Waals surface area contributed by atoms with E-state index in [-0.39, 0.29) is 0 Å². The van der Waals surface area contributed by atoms with Crippen molar-refractivity contribution in [2.24, 2.45) is 0 Å². The fourth-order valence-electron chi connectivity index (χ4n) is 2.76. The van der Waals surface area contributed by atoms with Gasteiger partial charge < -0.3 is 14.6 Å². The van der Waals surface area contributed by atoms with Crippen molar-refractivity contribution in [3.05, 3.63) is 89.7 Å². The Morgan fingerprint density at radius 1 is 0.667 bits per heavy atom. The number of aliphatic hydroxyl groups is 1. The lowest BCUT2D eigenvalue weighted by Crippen LogP contribution is -2.28. The predicted molar refractivity (Wildman–Crippen MR) is 92.3 cm³/mol. The molecule has 1 heterocycles. The number of benzene rings is 2. The van der Waals surface area contributed by atoms with Crippen LogP contribution in [0.2, 0.25) is 0 Å². The van der Waals surface area contributed by atoms with E-state index in [0.717, 1.165) is 28.2 Å². The van der Waals surface area contributed by atoms with Crippen LogP contribution in [0.4, 0.5) is 0 Å². The van der Waals surface area contributed by atoms with E-state index in [1.54, 1.807) is 26.6 Å². The SMILES string of the molecule is COc1ccc(C(O)(c2ccncc2)c2ccc(OC)cc2)cc1. The lowest BCUT2D eigenvalue weighted by atomic mass is 9.81. The summed E-state index contributed by atoms with van der Waals surface area (Å²) in [7, 11) is 3.24. The first-order valence-corrected chi connectivity index (χ1v) is 7.60. The number of hydrogen-bond acceptors (Lipinski definition) is 4. The molecule has 1 N–H and O–H groups in total. The Balaban J connectivity index is 2.16. The molecule has 0 unspecified atom stereocenters. The highest BCUT2D eigenvalue weighted by Gasteiger charge is 2.33. The molecular weight excluding hydrogens is 302 g/mol. The maximum absolute atomic E-state index is 11.6. The summed E-state index contributed by atoms with van der Waals surface area (Å²) in [6.45, 7) is 0. The summed E-state index contributed by atoms with van der Waals surface area (Å²) in [5, 5.41) is 11.6. The molecule has 122 valence electrons. The molecule has 0 bridgehead atoms. The van der Waals surface area contributed by atoms with Crippen LogP contribution in [-0.2, 0) is 5.60 Å². The lowest BCUT2D eigenvalue weighted by molar-refractivity contribution is 0.125. The second kappa shape index (κ2) is 6.72. The van der Waals surface area contributed by atoms with Crippen molar-refractivity contribution in [1.82, 2.24) is 4.98 Å². The molecule has 1 aromatic heterocycles. The number of pyridine rings is 1. The minimum atomic E-state index is -1.29. The maximum Gasteiger partial charge on any atom is 0.140 e. The average Bonchev–Trinajstić information content (AvgIpc) is 2.68. The van der Waals surface area contributed by atoms with E-state index in [2.05, 4.69) is 4.98 Å². The van der Waals surface area contributed by atoms with Gasteiger partial charge in [-0.15, -0.1) is 0 Å². The molecule has 0 radical (unpaired) electrons. The van der Waals surface area contributed by atoms with Gasteiger partial charge in [0.1, 0.15) is 17.1 Å². The van der Waals surface area contributed by atoms with Crippen molar-refractivity contribution in [1.29, 1.82) is 0 Å². The third-order valence-electron chi connectivity index (χ3n) is 4.11. The Bertz CT molecular complexity index is 736. The maximum atomic E-state index is 11.6. The number of hydrogen-bond donors (Lipinski definition) is 1. The summed E-state index contributed by atoms with van der Waals surface area (Å²) in [6, 6.07) is 18.4. The first kappa shape index (κ1) is 16.0. The smallest absolute Gasteiger partial charge is 0.140 e. The molecule has 3 rings (SSSR count). The van der Waals surface area contributed by atoms with Gasteiger partial charge in [-0.05, 0) is 53.1 Å². The van der Waals surface area contributed by atoms with Crippen LogP contribution >= 0.6 is 0 Å². The van der Waals surface area contributed by atoms with Gasteiger partial charge >= 0.3 is 0 Å². The van der Waals surface area contributed by atoms with Crippen LogP contribution in [0.5, 0.6) is 11.5 Å². The Labute approximate surface area is 141 Å². The Hall–Kier alpha value is -2.85. The summed E-state index contributed by atoms with van der Waals surface area (Å²) in [5.41, 5.74) is 0.953. The molecule has 3 aromatic rings. The zero-order valence-corrected chi connectivity index (χ0v) is 13.6. The van der Waals surface area contributed by atoms with Crippen LogP contribution in [0.15, 0.2) is 73.1 Å². The van der Waals surface area contributed by atoms with Crippen LogP contribution in [0.1, 0.15) is 16.7 Å². The van der Waals surface area contributed by atoms with Gasteiger partial charge in [-0.2, -0.15) is 0 Å². The fraction of sp³-hybridized carbons (Fsp3) is 0.150. The first-order valence-electron chi connectivity index (χ1n) is 7.60. The van der Waals surface area contributed by atoms with Crippen LogP contribution in [0.25, 0.3) is 0 Å². The van der Waals surface area contributed by atoms with Gasteiger partial charge in [-0.3, -0.25) is 4.98 Å². The van der Waals surface area contributed by atoms with Crippen LogP contribution in [-0.4, -0.2) is 24.3 Å². The average molecular weight is 321 g/mol. The van der Waals surface area contributed by atoms with Gasteiger partial charge in [0.05, 0.1) is 14.2 Å². The Kier molecular flexibility index (Phi) is 4.49. The topological polar surface area (TPSA) is 51.6 Å². The molecule has 0 amide bonds. The third kappa shape index (κ3) is 2.84. The number of rotatable bonds is 5. The van der Waals surface area contributed by atoms with Crippen molar-refractivity contribution in [2.75, 3.05) is 14.2 Å². The standard InChI is InChI=1S/C20H19NO3/c1-23-18-7-3-15(4-8-18)20(22,17-11-13-21-14-12-17)16-5-9-19(24-2)10-6-16/h3-14,22H,1-2H3. The van der Waals surface area contributed by atoms with E-state index >= 15 is 0 Å². The molecule has 4 nitrogen and oxygen atoms in total. The van der Waals surface area contributed by atoms with Gasteiger partial charge in [0.2, 0.25) is 0 Å². The minimum Gasteiger partial charge on any atom is -0.497 e. The largest absolute Gasteiger partial charge is 0.497 e. The molecular formula is C20H19NO3. The van der Waals surface area contributed by atoms with Gasteiger partial charge in [-0.25, -0.2) is 0 Å². The van der Waals surface area contributed by atoms with Crippen LogP contribution in [0, 0.1) is 0 Å². The van der Waals surface area contributed by atoms with Gasteiger partial charge in [-0.1, -0.05) is 24.3 Å². The van der Waals surface area contributed by atoms with Gasteiger partial charge in [0.25, 0.3) is 0 Å². The number of nitrogens with zero attached hydrogens (tertiary/aromatic N) is 1. The summed E-state index contributed by atoms with van der Waals surface area (Å²) < 4.78 is 10.4. The highest BCUT2D eigenvalue weighted by Crippen LogP contribution is 2.37. The summed E-state index contributed by atoms with van der Waals surface area (Å²) >= 11 is 0. The van der Waals surface area contributed by atoms with Crippen molar-refractivity contribution in [3.8, 4) is 11.5 Å². The van der Waals surface area contributed by atoms with E-state index in [0.29, 0.717) is 0 Å². The highest BCUT2D eigenvalue weighted by molar-refractivity contribution is 5.48. The van der Waals surface area contributed by atoms with E-state index in [1.807, 2.05) is 60.7 Å². The minimum absolute atomic E-state index is 0.741. The van der Waals surface area contributed by atoms with Crippen molar-refractivity contribution in [3.63, 3.8) is 0 Å². The molecule has 0 spiro atoms. The molecule has 4 heteroatoms. The second-order valence-corrected chi connectivity index (χ2v) is 5.40. The van der Waals surface area contributed by atoms with E-state index in [1.165, 1.54) is 0 Å². The summed E-state index contributed by atoms with van der Waals surface area (Å²) in [4.78, 5) is 4.05. The third-order valence-corrected chi connectivity index (χ3v) is 4.11.